The average Bonchev–Trinajstić information content (AvgIpc) is 2.88. The summed E-state index contributed by atoms with van der Waals surface area (Å²) in [5.41, 5.74) is 0. The predicted molar refractivity (Wildman–Crippen MR) is 69.6 cm³/mol. The number of ether oxygens (including phenoxy) is 1. The van der Waals surface area contributed by atoms with Crippen molar-refractivity contribution in [3.63, 3.8) is 0 Å². The molecule has 0 amide bonds. The molecule has 1 aliphatic rings. The lowest BCUT2D eigenvalue weighted by Gasteiger charge is -2.15. The van der Waals surface area contributed by atoms with Gasteiger partial charge in [-0.25, -0.2) is 4.98 Å². The highest BCUT2D eigenvalue weighted by molar-refractivity contribution is 5.49. The van der Waals surface area contributed by atoms with Crippen molar-refractivity contribution in [2.75, 3.05) is 38.6 Å². The fraction of sp³-hybridized carbons (Fsp3) is 0.615. The summed E-state index contributed by atoms with van der Waals surface area (Å²) in [6.45, 7) is 4.67. The third-order valence-corrected chi connectivity index (χ3v) is 3.13. The third kappa shape index (κ3) is 3.60. The minimum Gasteiger partial charge on any atom is -0.493 e. The van der Waals surface area contributed by atoms with Gasteiger partial charge < -0.3 is 15.0 Å². The normalized spacial score (nSPS) is 16.1. The number of nitrogens with one attached hydrogen (secondary N) is 1. The SMILES string of the molecule is COc1cccnc1NCCCN1CCCC1. The monoisotopic (exact) mass is 235 g/mol. The molecular weight excluding hydrogens is 214 g/mol. The summed E-state index contributed by atoms with van der Waals surface area (Å²) in [5.74, 6) is 1.66. The van der Waals surface area contributed by atoms with Crippen LogP contribution in [0.5, 0.6) is 5.75 Å². The van der Waals surface area contributed by atoms with Gasteiger partial charge in [0.25, 0.3) is 0 Å². The van der Waals surface area contributed by atoms with Gasteiger partial charge in [0, 0.05) is 12.7 Å². The molecule has 0 aliphatic carbocycles. The Kier molecular flexibility index (Phi) is 4.62. The van der Waals surface area contributed by atoms with Crippen molar-refractivity contribution in [3.05, 3.63) is 18.3 Å². The predicted octanol–water partition coefficient (Wildman–Crippen LogP) is 1.99. The molecule has 2 heterocycles. The number of aromatic nitrogens is 1. The number of methoxy groups -OCH3 is 1. The molecule has 2 rings (SSSR count). The van der Waals surface area contributed by atoms with Crippen molar-refractivity contribution in [2.45, 2.75) is 19.3 Å². The number of rotatable bonds is 6. The molecule has 17 heavy (non-hydrogen) atoms. The van der Waals surface area contributed by atoms with Gasteiger partial charge in [0.05, 0.1) is 7.11 Å². The van der Waals surface area contributed by atoms with E-state index in [2.05, 4.69) is 15.2 Å². The largest absolute Gasteiger partial charge is 0.493 e. The molecule has 4 nitrogen and oxygen atoms in total. The lowest BCUT2D eigenvalue weighted by Crippen LogP contribution is -2.22. The van der Waals surface area contributed by atoms with Crippen LogP contribution in [-0.4, -0.2) is 43.2 Å². The molecule has 1 fully saturated rings. The van der Waals surface area contributed by atoms with Crippen LogP contribution in [0.4, 0.5) is 5.82 Å². The maximum Gasteiger partial charge on any atom is 0.168 e. The van der Waals surface area contributed by atoms with E-state index in [0.29, 0.717) is 0 Å². The van der Waals surface area contributed by atoms with Gasteiger partial charge in [0.15, 0.2) is 11.6 Å². The van der Waals surface area contributed by atoms with E-state index in [9.17, 15) is 0 Å². The summed E-state index contributed by atoms with van der Waals surface area (Å²) < 4.78 is 5.24. The van der Waals surface area contributed by atoms with Gasteiger partial charge in [-0.1, -0.05) is 0 Å². The summed E-state index contributed by atoms with van der Waals surface area (Å²) in [5, 5.41) is 3.33. The first kappa shape index (κ1) is 12.2. The van der Waals surface area contributed by atoms with E-state index in [4.69, 9.17) is 4.74 Å². The number of likely N-dealkylation sites (tertiary alicyclic amines) is 1. The van der Waals surface area contributed by atoms with Crippen molar-refractivity contribution in [1.82, 2.24) is 9.88 Å². The summed E-state index contributed by atoms with van der Waals surface area (Å²) in [7, 11) is 1.67. The van der Waals surface area contributed by atoms with Crippen LogP contribution in [0, 0.1) is 0 Å². The van der Waals surface area contributed by atoms with Crippen molar-refractivity contribution >= 4 is 5.82 Å². The summed E-state index contributed by atoms with van der Waals surface area (Å²) in [6, 6.07) is 3.81. The van der Waals surface area contributed by atoms with Gasteiger partial charge in [-0.15, -0.1) is 0 Å². The zero-order valence-corrected chi connectivity index (χ0v) is 10.5. The molecule has 0 saturated carbocycles. The van der Waals surface area contributed by atoms with Crippen LogP contribution in [0.3, 0.4) is 0 Å². The van der Waals surface area contributed by atoms with E-state index in [1.165, 1.54) is 32.5 Å². The van der Waals surface area contributed by atoms with Crippen molar-refractivity contribution < 1.29 is 4.74 Å². The molecule has 0 unspecified atom stereocenters. The van der Waals surface area contributed by atoms with Crippen LogP contribution in [0.15, 0.2) is 18.3 Å². The highest BCUT2D eigenvalue weighted by atomic mass is 16.5. The van der Waals surface area contributed by atoms with Crippen LogP contribution >= 0.6 is 0 Å². The van der Waals surface area contributed by atoms with E-state index in [1.54, 1.807) is 13.3 Å². The number of anilines is 1. The summed E-state index contributed by atoms with van der Waals surface area (Å²) >= 11 is 0. The first-order chi connectivity index (χ1) is 8.40. The molecule has 1 aliphatic heterocycles. The number of hydrogen-bond acceptors (Lipinski definition) is 4. The second kappa shape index (κ2) is 6.45. The van der Waals surface area contributed by atoms with Crippen LogP contribution in [-0.2, 0) is 0 Å². The Morgan fingerprint density at radius 2 is 2.24 bits per heavy atom. The maximum absolute atomic E-state index is 5.24. The zero-order chi connectivity index (χ0) is 11.9. The zero-order valence-electron chi connectivity index (χ0n) is 10.5. The maximum atomic E-state index is 5.24. The Labute approximate surface area is 103 Å². The van der Waals surface area contributed by atoms with Crippen LogP contribution < -0.4 is 10.1 Å². The Morgan fingerprint density at radius 3 is 3.00 bits per heavy atom. The second-order valence-electron chi connectivity index (χ2n) is 4.38. The quantitative estimate of drug-likeness (QED) is 0.765. The molecular formula is C13H21N3O. The van der Waals surface area contributed by atoms with E-state index < -0.39 is 0 Å². The Morgan fingerprint density at radius 1 is 1.41 bits per heavy atom. The highest BCUT2D eigenvalue weighted by Gasteiger charge is 2.10. The highest BCUT2D eigenvalue weighted by Crippen LogP contribution is 2.19. The van der Waals surface area contributed by atoms with Crippen LogP contribution in [0.2, 0.25) is 0 Å². The molecule has 0 aromatic carbocycles. The van der Waals surface area contributed by atoms with E-state index in [1.807, 2.05) is 12.1 Å². The van der Waals surface area contributed by atoms with E-state index in [-0.39, 0.29) is 0 Å². The number of hydrogen-bond donors (Lipinski definition) is 1. The standard InChI is InChI=1S/C13H21N3O/c1-17-12-6-4-7-14-13(12)15-8-5-11-16-9-2-3-10-16/h4,6-7H,2-3,5,8-11H2,1H3,(H,14,15). The number of nitrogens with zero attached hydrogens (tertiary/aromatic N) is 2. The summed E-state index contributed by atoms with van der Waals surface area (Å²) in [4.78, 5) is 6.79. The Bertz CT molecular complexity index is 337. The van der Waals surface area contributed by atoms with E-state index >= 15 is 0 Å². The molecule has 0 atom stereocenters. The third-order valence-electron chi connectivity index (χ3n) is 3.13. The fourth-order valence-corrected chi connectivity index (χ4v) is 2.20. The molecule has 0 bridgehead atoms. The molecule has 4 heteroatoms. The molecule has 1 N–H and O–H groups in total. The van der Waals surface area contributed by atoms with Gasteiger partial charge >= 0.3 is 0 Å². The van der Waals surface area contributed by atoms with Crippen LogP contribution in [0.25, 0.3) is 0 Å². The molecule has 1 aromatic heterocycles. The topological polar surface area (TPSA) is 37.4 Å². The second-order valence-corrected chi connectivity index (χ2v) is 4.38. The fourth-order valence-electron chi connectivity index (χ4n) is 2.20. The number of pyridine rings is 1. The van der Waals surface area contributed by atoms with Gasteiger partial charge in [0.1, 0.15) is 0 Å². The smallest absolute Gasteiger partial charge is 0.168 e. The Hall–Kier alpha value is -1.29. The van der Waals surface area contributed by atoms with Gasteiger partial charge in [-0.05, 0) is 51.0 Å². The Balaban J connectivity index is 1.70. The van der Waals surface area contributed by atoms with Gasteiger partial charge in [0.2, 0.25) is 0 Å². The average molecular weight is 235 g/mol. The molecule has 0 spiro atoms. The first-order valence-electron chi connectivity index (χ1n) is 6.35. The lowest BCUT2D eigenvalue weighted by atomic mass is 10.3. The molecule has 1 saturated heterocycles. The molecule has 1 aromatic rings. The van der Waals surface area contributed by atoms with Crippen molar-refractivity contribution in [3.8, 4) is 5.75 Å². The minimum atomic E-state index is 0.814. The van der Waals surface area contributed by atoms with Gasteiger partial charge in [-0.3, -0.25) is 0 Å². The van der Waals surface area contributed by atoms with Crippen molar-refractivity contribution in [1.29, 1.82) is 0 Å². The molecule has 94 valence electrons. The van der Waals surface area contributed by atoms with E-state index in [0.717, 1.165) is 24.5 Å². The summed E-state index contributed by atoms with van der Waals surface area (Å²) in [6.07, 6.45) is 5.66. The lowest BCUT2D eigenvalue weighted by molar-refractivity contribution is 0.337. The van der Waals surface area contributed by atoms with Crippen molar-refractivity contribution in [2.24, 2.45) is 0 Å². The minimum absolute atomic E-state index is 0.814. The molecule has 0 radical (unpaired) electrons. The van der Waals surface area contributed by atoms with Crippen LogP contribution in [0.1, 0.15) is 19.3 Å². The first-order valence-corrected chi connectivity index (χ1v) is 6.35. The van der Waals surface area contributed by atoms with Gasteiger partial charge in [-0.2, -0.15) is 0 Å².